The predicted molar refractivity (Wildman–Crippen MR) is 90.1 cm³/mol. The van der Waals surface area contributed by atoms with Gasteiger partial charge in [0.2, 0.25) is 6.10 Å². The van der Waals surface area contributed by atoms with Crippen molar-refractivity contribution in [3.63, 3.8) is 0 Å². The zero-order valence-corrected chi connectivity index (χ0v) is 13.5. The number of carbonyl (C=O) groups excluding carboxylic acids is 2. The summed E-state index contributed by atoms with van der Waals surface area (Å²) in [6.07, 6.45) is -1.08. The lowest BCUT2D eigenvalue weighted by atomic mass is 10.1. The summed E-state index contributed by atoms with van der Waals surface area (Å²) in [6.45, 7) is 2.10. The SMILES string of the molecule is CCNC(=O)NC(=O)C(Oc1ccc([N+](=O)[O-])cc1)c1ccccc1. The summed E-state index contributed by atoms with van der Waals surface area (Å²) in [7, 11) is 0. The Morgan fingerprint density at radius 2 is 1.76 bits per heavy atom. The maximum absolute atomic E-state index is 12.4. The minimum atomic E-state index is -1.08. The number of non-ortho nitro benzene ring substituents is 1. The molecule has 0 heterocycles. The highest BCUT2D eigenvalue weighted by molar-refractivity contribution is 5.97. The molecule has 0 aliphatic carbocycles. The molecule has 1 atom stereocenters. The molecular formula is C17H17N3O5. The van der Waals surface area contributed by atoms with Crippen LogP contribution in [0.15, 0.2) is 54.6 Å². The summed E-state index contributed by atoms with van der Waals surface area (Å²) >= 11 is 0. The van der Waals surface area contributed by atoms with Crippen LogP contribution in [0, 0.1) is 10.1 Å². The monoisotopic (exact) mass is 343 g/mol. The number of ether oxygens (including phenoxy) is 1. The van der Waals surface area contributed by atoms with Crippen molar-refractivity contribution in [2.75, 3.05) is 6.54 Å². The Labute approximate surface area is 144 Å². The molecule has 0 saturated carbocycles. The number of rotatable bonds is 6. The fourth-order valence-corrected chi connectivity index (χ4v) is 2.07. The van der Waals surface area contributed by atoms with Crippen molar-refractivity contribution in [1.82, 2.24) is 10.6 Å². The lowest BCUT2D eigenvalue weighted by Crippen LogP contribution is -2.42. The smallest absolute Gasteiger partial charge is 0.321 e. The van der Waals surface area contributed by atoms with Gasteiger partial charge in [-0.1, -0.05) is 30.3 Å². The number of amides is 3. The van der Waals surface area contributed by atoms with Crippen LogP contribution in [0.5, 0.6) is 5.75 Å². The van der Waals surface area contributed by atoms with Crippen LogP contribution in [0.25, 0.3) is 0 Å². The van der Waals surface area contributed by atoms with Crippen LogP contribution >= 0.6 is 0 Å². The Balaban J connectivity index is 2.21. The van der Waals surface area contributed by atoms with Gasteiger partial charge in [-0.3, -0.25) is 20.2 Å². The van der Waals surface area contributed by atoms with Gasteiger partial charge < -0.3 is 10.1 Å². The molecule has 2 aromatic carbocycles. The third-order valence-corrected chi connectivity index (χ3v) is 3.22. The van der Waals surface area contributed by atoms with E-state index >= 15 is 0 Å². The standard InChI is InChI=1S/C17H17N3O5/c1-2-18-17(22)19-16(21)15(12-6-4-3-5-7-12)25-14-10-8-13(9-11-14)20(23)24/h3-11,15H,2H2,1H3,(H2,18,19,21,22). The van der Waals surface area contributed by atoms with E-state index in [9.17, 15) is 19.7 Å². The van der Waals surface area contributed by atoms with Gasteiger partial charge in [-0.05, 0) is 19.1 Å². The van der Waals surface area contributed by atoms with E-state index in [4.69, 9.17) is 4.74 Å². The van der Waals surface area contributed by atoms with Crippen molar-refractivity contribution in [1.29, 1.82) is 0 Å². The molecular weight excluding hydrogens is 326 g/mol. The number of hydrogen-bond acceptors (Lipinski definition) is 5. The number of carbonyl (C=O) groups is 2. The van der Waals surface area contributed by atoms with Gasteiger partial charge >= 0.3 is 6.03 Å². The van der Waals surface area contributed by atoms with Gasteiger partial charge in [0.15, 0.2) is 0 Å². The molecule has 1 unspecified atom stereocenters. The van der Waals surface area contributed by atoms with E-state index in [-0.39, 0.29) is 11.4 Å². The van der Waals surface area contributed by atoms with E-state index in [2.05, 4.69) is 10.6 Å². The highest BCUT2D eigenvalue weighted by Crippen LogP contribution is 2.24. The molecule has 0 saturated heterocycles. The Morgan fingerprint density at radius 3 is 2.32 bits per heavy atom. The van der Waals surface area contributed by atoms with Crippen molar-refractivity contribution in [2.24, 2.45) is 0 Å². The maximum Gasteiger partial charge on any atom is 0.321 e. The summed E-state index contributed by atoms with van der Waals surface area (Å²) in [5.74, 6) is -0.374. The van der Waals surface area contributed by atoms with Crippen LogP contribution < -0.4 is 15.4 Å². The molecule has 0 spiro atoms. The van der Waals surface area contributed by atoms with Crippen LogP contribution in [0.3, 0.4) is 0 Å². The third-order valence-electron chi connectivity index (χ3n) is 3.22. The first-order valence-corrected chi connectivity index (χ1v) is 7.56. The van der Waals surface area contributed by atoms with Crippen molar-refractivity contribution in [3.8, 4) is 5.75 Å². The molecule has 130 valence electrons. The first kappa shape index (κ1) is 17.9. The minimum absolute atomic E-state index is 0.0876. The quantitative estimate of drug-likeness (QED) is 0.618. The van der Waals surface area contributed by atoms with Crippen molar-refractivity contribution in [2.45, 2.75) is 13.0 Å². The number of benzene rings is 2. The number of hydrogen-bond donors (Lipinski definition) is 2. The molecule has 0 aliphatic heterocycles. The molecule has 3 amide bonds. The summed E-state index contributed by atoms with van der Waals surface area (Å²) in [5, 5.41) is 15.4. The van der Waals surface area contributed by atoms with E-state index in [1.165, 1.54) is 24.3 Å². The van der Waals surface area contributed by atoms with Gasteiger partial charge in [-0.25, -0.2) is 4.79 Å². The Morgan fingerprint density at radius 1 is 1.12 bits per heavy atom. The van der Waals surface area contributed by atoms with E-state index in [1.807, 2.05) is 0 Å². The van der Waals surface area contributed by atoms with E-state index in [0.29, 0.717) is 12.1 Å². The van der Waals surface area contributed by atoms with Crippen LogP contribution in [0.4, 0.5) is 10.5 Å². The number of urea groups is 1. The minimum Gasteiger partial charge on any atom is -0.476 e. The van der Waals surface area contributed by atoms with Crippen molar-refractivity contribution in [3.05, 3.63) is 70.3 Å². The lowest BCUT2D eigenvalue weighted by molar-refractivity contribution is -0.384. The van der Waals surface area contributed by atoms with Gasteiger partial charge in [0, 0.05) is 24.2 Å². The summed E-state index contributed by atoms with van der Waals surface area (Å²) in [6, 6.07) is 13.4. The lowest BCUT2D eigenvalue weighted by Gasteiger charge is -2.18. The van der Waals surface area contributed by atoms with Crippen LogP contribution in [-0.4, -0.2) is 23.4 Å². The second kappa shape index (κ2) is 8.44. The molecule has 0 bridgehead atoms. The first-order chi connectivity index (χ1) is 12.0. The van der Waals surface area contributed by atoms with Gasteiger partial charge in [0.25, 0.3) is 11.6 Å². The molecule has 0 aromatic heterocycles. The van der Waals surface area contributed by atoms with Gasteiger partial charge in [-0.15, -0.1) is 0 Å². The summed E-state index contributed by atoms with van der Waals surface area (Å²) in [4.78, 5) is 34.2. The highest BCUT2D eigenvalue weighted by Gasteiger charge is 2.24. The topological polar surface area (TPSA) is 111 Å². The van der Waals surface area contributed by atoms with Crippen LogP contribution in [-0.2, 0) is 4.79 Å². The molecule has 8 heteroatoms. The van der Waals surface area contributed by atoms with Gasteiger partial charge in [0.1, 0.15) is 5.75 Å². The third kappa shape index (κ3) is 5.03. The van der Waals surface area contributed by atoms with E-state index in [0.717, 1.165) is 0 Å². The van der Waals surface area contributed by atoms with Gasteiger partial charge in [0.05, 0.1) is 4.92 Å². The molecule has 8 nitrogen and oxygen atoms in total. The fraction of sp³-hybridized carbons (Fsp3) is 0.176. The van der Waals surface area contributed by atoms with Crippen LogP contribution in [0.2, 0.25) is 0 Å². The van der Waals surface area contributed by atoms with Crippen molar-refractivity contribution < 1.29 is 19.2 Å². The second-order valence-corrected chi connectivity index (χ2v) is 5.01. The first-order valence-electron chi connectivity index (χ1n) is 7.56. The van der Waals surface area contributed by atoms with E-state index < -0.39 is 23.0 Å². The summed E-state index contributed by atoms with van der Waals surface area (Å²) < 4.78 is 5.66. The molecule has 2 rings (SSSR count). The molecule has 2 N–H and O–H groups in total. The van der Waals surface area contributed by atoms with Gasteiger partial charge in [-0.2, -0.15) is 0 Å². The number of nitrogens with zero attached hydrogens (tertiary/aromatic N) is 1. The zero-order chi connectivity index (χ0) is 18.2. The Bertz CT molecular complexity index is 747. The van der Waals surface area contributed by atoms with E-state index in [1.54, 1.807) is 37.3 Å². The normalized spacial score (nSPS) is 11.2. The van der Waals surface area contributed by atoms with Crippen LogP contribution in [0.1, 0.15) is 18.6 Å². The molecule has 0 fully saturated rings. The molecule has 0 aliphatic rings. The zero-order valence-electron chi connectivity index (χ0n) is 13.5. The summed E-state index contributed by atoms with van der Waals surface area (Å²) in [5.41, 5.74) is 0.457. The fourth-order valence-electron chi connectivity index (χ4n) is 2.07. The number of nitro groups is 1. The largest absolute Gasteiger partial charge is 0.476 e. The maximum atomic E-state index is 12.4. The number of imide groups is 1. The molecule has 2 aromatic rings. The second-order valence-electron chi connectivity index (χ2n) is 5.01. The average molecular weight is 343 g/mol. The Hall–Kier alpha value is -3.42. The number of nitrogens with one attached hydrogen (secondary N) is 2. The highest BCUT2D eigenvalue weighted by atomic mass is 16.6. The molecule has 25 heavy (non-hydrogen) atoms. The van der Waals surface area contributed by atoms with Crippen molar-refractivity contribution >= 4 is 17.6 Å². The average Bonchev–Trinajstić information content (AvgIpc) is 2.61. The number of nitro benzene ring substituents is 1. The molecule has 0 radical (unpaired) electrons. The Kier molecular flexibility index (Phi) is 6.05. The predicted octanol–water partition coefficient (Wildman–Crippen LogP) is 2.56.